The van der Waals surface area contributed by atoms with Gasteiger partial charge in [0.15, 0.2) is 6.61 Å². The molecular weight excluding hydrogens is 314 g/mol. The molecule has 4 nitrogen and oxygen atoms in total. The van der Waals surface area contributed by atoms with Crippen molar-refractivity contribution in [3.05, 3.63) is 58.6 Å². The summed E-state index contributed by atoms with van der Waals surface area (Å²) in [7, 11) is 1.61. The van der Waals surface area contributed by atoms with Gasteiger partial charge in [-0.25, -0.2) is 0 Å². The van der Waals surface area contributed by atoms with Gasteiger partial charge in [-0.3, -0.25) is 4.79 Å². The van der Waals surface area contributed by atoms with Crippen LogP contribution in [0.2, 0.25) is 5.02 Å². The quantitative estimate of drug-likeness (QED) is 0.871. The van der Waals surface area contributed by atoms with Gasteiger partial charge in [0.1, 0.15) is 11.5 Å². The van der Waals surface area contributed by atoms with E-state index < -0.39 is 0 Å². The lowest BCUT2D eigenvalue weighted by Crippen LogP contribution is -2.31. The number of methoxy groups -OCH3 is 1. The van der Waals surface area contributed by atoms with Crippen molar-refractivity contribution in [2.45, 2.75) is 19.9 Å². The molecule has 23 heavy (non-hydrogen) atoms. The molecule has 0 aliphatic carbocycles. The molecule has 0 radical (unpaired) electrons. The Kier molecular flexibility index (Phi) is 5.88. The van der Waals surface area contributed by atoms with Crippen LogP contribution in [0.4, 0.5) is 0 Å². The number of hydrogen-bond donors (Lipinski definition) is 1. The normalized spacial score (nSPS) is 11.7. The third-order valence-corrected chi connectivity index (χ3v) is 3.74. The fourth-order valence-electron chi connectivity index (χ4n) is 2.26. The average Bonchev–Trinajstić information content (AvgIpc) is 2.54. The van der Waals surface area contributed by atoms with E-state index in [1.165, 1.54) is 0 Å². The maximum absolute atomic E-state index is 12.1. The first-order chi connectivity index (χ1) is 11.0. The minimum Gasteiger partial charge on any atom is -0.496 e. The Bertz CT molecular complexity index is 688. The fourth-order valence-corrected chi connectivity index (χ4v) is 2.45. The van der Waals surface area contributed by atoms with Crippen molar-refractivity contribution in [2.75, 3.05) is 13.7 Å². The standard InChI is InChI=1S/C18H20ClNO3/c1-12-8-9-16(22-3)14(10-12)13(2)20-18(21)11-23-17-7-5-4-6-15(17)19/h4-10,13H,11H2,1-3H3,(H,20,21). The first-order valence-corrected chi connectivity index (χ1v) is 7.70. The van der Waals surface area contributed by atoms with Crippen LogP contribution in [-0.2, 0) is 4.79 Å². The summed E-state index contributed by atoms with van der Waals surface area (Å²) < 4.78 is 10.8. The molecule has 0 spiro atoms. The Morgan fingerprint density at radius 3 is 2.65 bits per heavy atom. The second-order valence-corrected chi connectivity index (χ2v) is 5.66. The second-order valence-electron chi connectivity index (χ2n) is 5.25. The molecule has 1 unspecified atom stereocenters. The van der Waals surface area contributed by atoms with Gasteiger partial charge < -0.3 is 14.8 Å². The van der Waals surface area contributed by atoms with E-state index in [9.17, 15) is 4.79 Å². The highest BCUT2D eigenvalue weighted by molar-refractivity contribution is 6.32. The molecule has 2 aromatic carbocycles. The highest BCUT2D eigenvalue weighted by Gasteiger charge is 2.15. The molecule has 0 heterocycles. The van der Waals surface area contributed by atoms with Gasteiger partial charge in [-0.1, -0.05) is 41.4 Å². The highest BCUT2D eigenvalue weighted by Crippen LogP contribution is 2.26. The van der Waals surface area contributed by atoms with Crippen LogP contribution in [-0.4, -0.2) is 19.6 Å². The first kappa shape index (κ1) is 17.2. The summed E-state index contributed by atoms with van der Waals surface area (Å²) in [6, 6.07) is 12.7. The van der Waals surface area contributed by atoms with Crippen molar-refractivity contribution in [1.82, 2.24) is 5.32 Å². The summed E-state index contributed by atoms with van der Waals surface area (Å²) in [6.45, 7) is 3.81. The average molecular weight is 334 g/mol. The number of benzene rings is 2. The zero-order valence-corrected chi connectivity index (χ0v) is 14.2. The van der Waals surface area contributed by atoms with E-state index in [2.05, 4.69) is 5.32 Å². The molecule has 0 bridgehead atoms. The SMILES string of the molecule is COc1ccc(C)cc1C(C)NC(=O)COc1ccccc1Cl. The molecule has 2 rings (SSSR count). The number of hydrogen-bond acceptors (Lipinski definition) is 3. The summed E-state index contributed by atoms with van der Waals surface area (Å²) in [5.74, 6) is 1.02. The summed E-state index contributed by atoms with van der Waals surface area (Å²) in [5, 5.41) is 3.38. The topological polar surface area (TPSA) is 47.6 Å². The number of halogens is 1. The molecule has 5 heteroatoms. The predicted molar refractivity (Wildman–Crippen MR) is 91.2 cm³/mol. The fraction of sp³-hybridized carbons (Fsp3) is 0.278. The second kappa shape index (κ2) is 7.88. The van der Waals surface area contributed by atoms with Crippen molar-refractivity contribution in [3.63, 3.8) is 0 Å². The Hall–Kier alpha value is -2.20. The molecule has 1 atom stereocenters. The van der Waals surface area contributed by atoms with Crippen LogP contribution in [0.15, 0.2) is 42.5 Å². The lowest BCUT2D eigenvalue weighted by Gasteiger charge is -2.18. The number of rotatable bonds is 6. The maximum Gasteiger partial charge on any atom is 0.258 e. The minimum absolute atomic E-state index is 0.0950. The molecule has 2 aromatic rings. The number of nitrogens with one attached hydrogen (secondary N) is 1. The molecule has 1 amide bonds. The van der Waals surface area contributed by atoms with Gasteiger partial charge in [-0.2, -0.15) is 0 Å². The third-order valence-electron chi connectivity index (χ3n) is 3.42. The van der Waals surface area contributed by atoms with Crippen molar-refractivity contribution in [3.8, 4) is 11.5 Å². The summed E-state index contributed by atoms with van der Waals surface area (Å²) in [6.07, 6.45) is 0. The van der Waals surface area contributed by atoms with E-state index in [0.717, 1.165) is 16.9 Å². The number of para-hydroxylation sites is 1. The van der Waals surface area contributed by atoms with Gasteiger partial charge in [0.2, 0.25) is 0 Å². The van der Waals surface area contributed by atoms with Crippen molar-refractivity contribution >= 4 is 17.5 Å². The third kappa shape index (κ3) is 4.63. The van der Waals surface area contributed by atoms with Gasteiger partial charge in [0.05, 0.1) is 18.2 Å². The largest absolute Gasteiger partial charge is 0.496 e. The Morgan fingerprint density at radius 1 is 1.22 bits per heavy atom. The number of carbonyl (C=O) groups excluding carboxylic acids is 1. The lowest BCUT2D eigenvalue weighted by atomic mass is 10.0. The van der Waals surface area contributed by atoms with Crippen LogP contribution < -0.4 is 14.8 Å². The highest BCUT2D eigenvalue weighted by atomic mass is 35.5. The number of ether oxygens (including phenoxy) is 2. The van der Waals surface area contributed by atoms with E-state index in [-0.39, 0.29) is 18.6 Å². The Balaban J connectivity index is 1.97. The van der Waals surface area contributed by atoms with Gasteiger partial charge in [-0.05, 0) is 32.0 Å². The molecule has 0 saturated carbocycles. The summed E-state index contributed by atoms with van der Waals surface area (Å²) in [5.41, 5.74) is 2.04. The Labute approximate surface area is 141 Å². The van der Waals surface area contributed by atoms with E-state index in [0.29, 0.717) is 10.8 Å². The van der Waals surface area contributed by atoms with Crippen LogP contribution >= 0.6 is 11.6 Å². The number of amides is 1. The van der Waals surface area contributed by atoms with E-state index >= 15 is 0 Å². The molecule has 0 aromatic heterocycles. The number of carbonyl (C=O) groups is 1. The van der Waals surface area contributed by atoms with Crippen molar-refractivity contribution < 1.29 is 14.3 Å². The van der Waals surface area contributed by atoms with Gasteiger partial charge in [0.25, 0.3) is 5.91 Å². The van der Waals surface area contributed by atoms with Crippen LogP contribution in [0.1, 0.15) is 24.1 Å². The smallest absolute Gasteiger partial charge is 0.258 e. The molecular formula is C18H20ClNO3. The zero-order valence-electron chi connectivity index (χ0n) is 13.4. The maximum atomic E-state index is 12.1. The molecule has 0 aliphatic rings. The lowest BCUT2D eigenvalue weighted by molar-refractivity contribution is -0.123. The van der Waals surface area contributed by atoms with Crippen LogP contribution in [0.3, 0.4) is 0 Å². The monoisotopic (exact) mass is 333 g/mol. The Morgan fingerprint density at radius 2 is 1.96 bits per heavy atom. The first-order valence-electron chi connectivity index (χ1n) is 7.32. The van der Waals surface area contributed by atoms with Gasteiger partial charge >= 0.3 is 0 Å². The van der Waals surface area contributed by atoms with Gasteiger partial charge in [-0.15, -0.1) is 0 Å². The van der Waals surface area contributed by atoms with Crippen molar-refractivity contribution in [2.24, 2.45) is 0 Å². The van der Waals surface area contributed by atoms with E-state index in [1.54, 1.807) is 31.4 Å². The summed E-state index contributed by atoms with van der Waals surface area (Å²) >= 11 is 5.99. The van der Waals surface area contributed by atoms with E-state index in [4.69, 9.17) is 21.1 Å². The van der Waals surface area contributed by atoms with Crippen LogP contribution in [0.25, 0.3) is 0 Å². The van der Waals surface area contributed by atoms with E-state index in [1.807, 2.05) is 32.0 Å². The molecule has 1 N–H and O–H groups in total. The van der Waals surface area contributed by atoms with Crippen LogP contribution in [0, 0.1) is 6.92 Å². The zero-order chi connectivity index (χ0) is 16.8. The van der Waals surface area contributed by atoms with Crippen molar-refractivity contribution in [1.29, 1.82) is 0 Å². The molecule has 0 fully saturated rings. The molecule has 0 saturated heterocycles. The number of aryl methyl sites for hydroxylation is 1. The van der Waals surface area contributed by atoms with Gasteiger partial charge in [0, 0.05) is 5.56 Å². The molecule has 122 valence electrons. The molecule has 0 aliphatic heterocycles. The summed E-state index contributed by atoms with van der Waals surface area (Å²) in [4.78, 5) is 12.1. The predicted octanol–water partition coefficient (Wildman–Crippen LogP) is 3.91. The minimum atomic E-state index is -0.221. The van der Waals surface area contributed by atoms with Crippen LogP contribution in [0.5, 0.6) is 11.5 Å².